The van der Waals surface area contributed by atoms with Crippen molar-refractivity contribution in [2.24, 2.45) is 0 Å². The van der Waals surface area contributed by atoms with Crippen LogP contribution in [0, 0.1) is 6.92 Å². The van der Waals surface area contributed by atoms with Gasteiger partial charge in [-0.15, -0.1) is 0 Å². The Hall–Kier alpha value is -1.97. The standard InChI is InChI=1S/C18H25NO3/c1-6-7-10-21-14-8-9-16-15(11-14)13(2)12-19(16)17(20)22-18(3,4)5/h8-9,11-12H,6-7,10H2,1-5H3. The van der Waals surface area contributed by atoms with Crippen LogP contribution in [-0.4, -0.2) is 22.9 Å². The third kappa shape index (κ3) is 3.81. The molecule has 0 aliphatic rings. The maximum absolute atomic E-state index is 12.3. The summed E-state index contributed by atoms with van der Waals surface area (Å²) in [6, 6.07) is 5.80. The molecular formula is C18H25NO3. The van der Waals surface area contributed by atoms with Crippen LogP contribution >= 0.6 is 0 Å². The molecule has 0 aliphatic heterocycles. The van der Waals surface area contributed by atoms with Crippen LogP contribution in [0.1, 0.15) is 46.1 Å². The highest BCUT2D eigenvalue weighted by molar-refractivity contribution is 5.92. The van der Waals surface area contributed by atoms with Crippen molar-refractivity contribution in [1.29, 1.82) is 0 Å². The predicted octanol–water partition coefficient (Wildman–Crippen LogP) is 4.91. The highest BCUT2D eigenvalue weighted by atomic mass is 16.6. The minimum Gasteiger partial charge on any atom is -0.494 e. The second kappa shape index (κ2) is 6.42. The molecule has 0 bridgehead atoms. The average molecular weight is 303 g/mol. The van der Waals surface area contributed by atoms with E-state index in [4.69, 9.17) is 9.47 Å². The Morgan fingerprint density at radius 1 is 1.27 bits per heavy atom. The van der Waals surface area contributed by atoms with E-state index in [1.54, 1.807) is 4.57 Å². The third-order valence-corrected chi connectivity index (χ3v) is 3.33. The molecule has 0 spiro atoms. The molecular weight excluding hydrogens is 278 g/mol. The molecule has 2 rings (SSSR count). The van der Waals surface area contributed by atoms with Gasteiger partial charge < -0.3 is 9.47 Å². The molecule has 22 heavy (non-hydrogen) atoms. The van der Waals surface area contributed by atoms with Gasteiger partial charge in [0.2, 0.25) is 0 Å². The molecule has 120 valence electrons. The number of carbonyl (C=O) groups is 1. The first kappa shape index (κ1) is 16.4. The van der Waals surface area contributed by atoms with E-state index in [1.807, 2.05) is 52.1 Å². The normalized spacial score (nSPS) is 11.7. The number of aryl methyl sites for hydroxylation is 1. The highest BCUT2D eigenvalue weighted by Gasteiger charge is 2.20. The molecule has 1 aromatic carbocycles. The average Bonchev–Trinajstić information content (AvgIpc) is 2.75. The second-order valence-electron chi connectivity index (χ2n) is 6.54. The van der Waals surface area contributed by atoms with Gasteiger partial charge in [-0.1, -0.05) is 13.3 Å². The Labute approximate surface area is 132 Å². The monoisotopic (exact) mass is 303 g/mol. The van der Waals surface area contributed by atoms with Crippen LogP contribution in [0.4, 0.5) is 4.79 Å². The van der Waals surface area contributed by atoms with Gasteiger partial charge >= 0.3 is 6.09 Å². The first-order valence-electron chi connectivity index (χ1n) is 7.79. The Balaban J connectivity index is 2.29. The second-order valence-corrected chi connectivity index (χ2v) is 6.54. The van der Waals surface area contributed by atoms with Crippen LogP contribution in [0.15, 0.2) is 24.4 Å². The molecule has 1 aromatic heterocycles. The van der Waals surface area contributed by atoms with Crippen molar-refractivity contribution < 1.29 is 14.3 Å². The van der Waals surface area contributed by atoms with E-state index in [9.17, 15) is 4.79 Å². The lowest BCUT2D eigenvalue weighted by atomic mass is 10.2. The van der Waals surface area contributed by atoms with Crippen molar-refractivity contribution >= 4 is 17.0 Å². The van der Waals surface area contributed by atoms with E-state index in [-0.39, 0.29) is 6.09 Å². The molecule has 2 aromatic rings. The molecule has 0 unspecified atom stereocenters. The number of carbonyl (C=O) groups excluding carboxylic acids is 1. The Morgan fingerprint density at radius 3 is 2.64 bits per heavy atom. The van der Waals surface area contributed by atoms with Crippen LogP contribution in [0.2, 0.25) is 0 Å². The number of ether oxygens (including phenoxy) is 2. The lowest BCUT2D eigenvalue weighted by Gasteiger charge is -2.19. The van der Waals surface area contributed by atoms with Crippen LogP contribution in [0.25, 0.3) is 10.9 Å². The van der Waals surface area contributed by atoms with Crippen molar-refractivity contribution in [3.63, 3.8) is 0 Å². The number of rotatable bonds is 4. The maximum Gasteiger partial charge on any atom is 0.418 e. The summed E-state index contributed by atoms with van der Waals surface area (Å²) in [5, 5.41) is 1.01. The summed E-state index contributed by atoms with van der Waals surface area (Å²) in [6.45, 7) is 10.4. The lowest BCUT2D eigenvalue weighted by molar-refractivity contribution is 0.0544. The van der Waals surface area contributed by atoms with Gasteiger partial charge in [-0.2, -0.15) is 0 Å². The Morgan fingerprint density at radius 2 is 2.00 bits per heavy atom. The van der Waals surface area contributed by atoms with E-state index in [0.29, 0.717) is 6.61 Å². The van der Waals surface area contributed by atoms with Crippen LogP contribution in [0.5, 0.6) is 5.75 Å². The molecule has 4 heteroatoms. The quantitative estimate of drug-likeness (QED) is 0.753. The minimum absolute atomic E-state index is 0.356. The van der Waals surface area contributed by atoms with E-state index >= 15 is 0 Å². The minimum atomic E-state index is -0.509. The number of nitrogens with zero attached hydrogens (tertiary/aromatic N) is 1. The summed E-state index contributed by atoms with van der Waals surface area (Å²) in [7, 11) is 0. The number of unbranched alkanes of at least 4 members (excludes halogenated alkanes) is 1. The summed E-state index contributed by atoms with van der Waals surface area (Å²) in [5.74, 6) is 0.839. The predicted molar refractivity (Wildman–Crippen MR) is 88.7 cm³/mol. The maximum atomic E-state index is 12.3. The topological polar surface area (TPSA) is 40.5 Å². The molecule has 0 amide bonds. The molecule has 0 fully saturated rings. The zero-order valence-corrected chi connectivity index (χ0v) is 14.1. The first-order chi connectivity index (χ1) is 10.3. The van der Waals surface area contributed by atoms with Crippen molar-refractivity contribution in [1.82, 2.24) is 4.57 Å². The summed E-state index contributed by atoms with van der Waals surface area (Å²) in [4.78, 5) is 12.3. The number of aromatic nitrogens is 1. The van der Waals surface area contributed by atoms with Crippen molar-refractivity contribution in [3.8, 4) is 5.75 Å². The van der Waals surface area contributed by atoms with Crippen LogP contribution in [0.3, 0.4) is 0 Å². The van der Waals surface area contributed by atoms with Crippen molar-refractivity contribution in [3.05, 3.63) is 30.0 Å². The van der Waals surface area contributed by atoms with Gasteiger partial charge in [0.25, 0.3) is 0 Å². The first-order valence-corrected chi connectivity index (χ1v) is 7.79. The summed E-state index contributed by atoms with van der Waals surface area (Å²) in [5.41, 5.74) is 1.36. The largest absolute Gasteiger partial charge is 0.494 e. The summed E-state index contributed by atoms with van der Waals surface area (Å²) in [6.07, 6.45) is 3.60. The number of benzene rings is 1. The van der Waals surface area contributed by atoms with Crippen molar-refractivity contribution in [2.75, 3.05) is 6.61 Å². The lowest BCUT2D eigenvalue weighted by Crippen LogP contribution is -2.26. The van der Waals surface area contributed by atoms with E-state index < -0.39 is 5.60 Å². The third-order valence-electron chi connectivity index (χ3n) is 3.33. The molecule has 0 saturated carbocycles. The fourth-order valence-corrected chi connectivity index (χ4v) is 2.26. The molecule has 1 heterocycles. The molecule has 0 N–H and O–H groups in total. The van der Waals surface area contributed by atoms with Crippen LogP contribution in [-0.2, 0) is 4.74 Å². The molecule has 0 aliphatic carbocycles. The molecule has 0 saturated heterocycles. The van der Waals surface area contributed by atoms with E-state index in [1.165, 1.54) is 0 Å². The summed E-state index contributed by atoms with van der Waals surface area (Å²) < 4.78 is 12.7. The van der Waals surface area contributed by atoms with Gasteiger partial charge in [0, 0.05) is 11.6 Å². The van der Waals surface area contributed by atoms with Gasteiger partial charge in [0.1, 0.15) is 11.4 Å². The summed E-state index contributed by atoms with van der Waals surface area (Å²) >= 11 is 0. The van der Waals surface area contributed by atoms with Gasteiger partial charge in [-0.05, 0) is 57.9 Å². The van der Waals surface area contributed by atoms with Gasteiger partial charge in [0.15, 0.2) is 0 Å². The van der Waals surface area contributed by atoms with Gasteiger partial charge in [-0.3, -0.25) is 4.57 Å². The zero-order chi connectivity index (χ0) is 16.3. The fourth-order valence-electron chi connectivity index (χ4n) is 2.26. The molecule has 4 nitrogen and oxygen atoms in total. The Kier molecular flexibility index (Phi) is 4.79. The number of hydrogen-bond acceptors (Lipinski definition) is 3. The molecule has 0 atom stereocenters. The fraction of sp³-hybridized carbons (Fsp3) is 0.500. The van der Waals surface area contributed by atoms with E-state index in [2.05, 4.69) is 6.92 Å². The zero-order valence-electron chi connectivity index (χ0n) is 14.1. The number of fused-ring (bicyclic) bond motifs is 1. The van der Waals surface area contributed by atoms with Gasteiger partial charge in [0.05, 0.1) is 12.1 Å². The smallest absolute Gasteiger partial charge is 0.418 e. The van der Waals surface area contributed by atoms with Crippen molar-refractivity contribution in [2.45, 2.75) is 53.1 Å². The highest BCUT2D eigenvalue weighted by Crippen LogP contribution is 2.26. The SMILES string of the molecule is CCCCOc1ccc2c(c1)c(C)cn2C(=O)OC(C)(C)C. The Bertz CT molecular complexity index is 665. The van der Waals surface area contributed by atoms with E-state index in [0.717, 1.165) is 35.1 Å². The van der Waals surface area contributed by atoms with Gasteiger partial charge in [-0.25, -0.2) is 4.79 Å². The van der Waals surface area contributed by atoms with Crippen LogP contribution < -0.4 is 4.74 Å². The molecule has 0 radical (unpaired) electrons. The number of hydrogen-bond donors (Lipinski definition) is 0.